The van der Waals surface area contributed by atoms with E-state index in [0.29, 0.717) is 22.7 Å². The van der Waals surface area contributed by atoms with Gasteiger partial charge in [-0.3, -0.25) is 0 Å². The summed E-state index contributed by atoms with van der Waals surface area (Å²) in [5.41, 5.74) is 1.57. The van der Waals surface area contributed by atoms with E-state index in [4.69, 9.17) is 4.74 Å². The van der Waals surface area contributed by atoms with Crippen LogP contribution < -0.4 is 4.74 Å². The fourth-order valence-corrected chi connectivity index (χ4v) is 1.71. The van der Waals surface area contributed by atoms with Gasteiger partial charge in [0.1, 0.15) is 11.9 Å². The molecule has 0 saturated heterocycles. The molecule has 94 valence electrons. The second-order valence-corrected chi connectivity index (χ2v) is 4.02. The van der Waals surface area contributed by atoms with E-state index in [2.05, 4.69) is 4.98 Å². The Kier molecular flexibility index (Phi) is 3.58. The number of nitrogens with zero attached hydrogens (tertiary/aromatic N) is 1. The van der Waals surface area contributed by atoms with Crippen molar-refractivity contribution < 1.29 is 14.2 Å². The van der Waals surface area contributed by atoms with Gasteiger partial charge < -0.3 is 9.84 Å². The molecule has 0 saturated carbocycles. The number of pyridine rings is 1. The summed E-state index contributed by atoms with van der Waals surface area (Å²) >= 11 is 0. The molecule has 2 aromatic rings. The average molecular weight is 247 g/mol. The maximum Gasteiger partial charge on any atom is 0.213 e. The number of aromatic nitrogens is 1. The fourth-order valence-electron chi connectivity index (χ4n) is 1.71. The summed E-state index contributed by atoms with van der Waals surface area (Å²) in [6, 6.07) is 9.65. The van der Waals surface area contributed by atoms with Crippen molar-refractivity contribution in [3.05, 3.63) is 59.0 Å². The number of ether oxygens (including phenoxy) is 1. The zero-order valence-electron chi connectivity index (χ0n) is 10.2. The number of aryl methyl sites for hydroxylation is 1. The second-order valence-electron chi connectivity index (χ2n) is 4.02. The van der Waals surface area contributed by atoms with Crippen LogP contribution >= 0.6 is 0 Å². The average Bonchev–Trinajstić information content (AvgIpc) is 2.41. The Bertz CT molecular complexity index is 557. The summed E-state index contributed by atoms with van der Waals surface area (Å²) in [5, 5.41) is 10.2. The Labute approximate surface area is 105 Å². The molecule has 0 bridgehead atoms. The van der Waals surface area contributed by atoms with Crippen LogP contribution in [0.1, 0.15) is 22.9 Å². The molecule has 1 heterocycles. The topological polar surface area (TPSA) is 42.4 Å². The Morgan fingerprint density at radius 3 is 2.72 bits per heavy atom. The summed E-state index contributed by atoms with van der Waals surface area (Å²) in [4.78, 5) is 4.15. The molecule has 0 aliphatic carbocycles. The Balaban J connectivity index is 2.34. The highest BCUT2D eigenvalue weighted by Crippen LogP contribution is 2.23. The van der Waals surface area contributed by atoms with Crippen molar-refractivity contribution in [3.63, 3.8) is 0 Å². The molecule has 0 amide bonds. The molecule has 1 atom stereocenters. The first kappa shape index (κ1) is 12.5. The first-order valence-corrected chi connectivity index (χ1v) is 5.57. The van der Waals surface area contributed by atoms with Crippen molar-refractivity contribution in [2.75, 3.05) is 7.11 Å². The van der Waals surface area contributed by atoms with Gasteiger partial charge in [0.25, 0.3) is 0 Å². The lowest BCUT2D eigenvalue weighted by Gasteiger charge is -2.12. The van der Waals surface area contributed by atoms with Gasteiger partial charge in [0.2, 0.25) is 5.88 Å². The van der Waals surface area contributed by atoms with Gasteiger partial charge in [0.15, 0.2) is 0 Å². The monoisotopic (exact) mass is 247 g/mol. The highest BCUT2D eigenvalue weighted by atomic mass is 19.1. The zero-order valence-corrected chi connectivity index (χ0v) is 10.2. The van der Waals surface area contributed by atoms with Gasteiger partial charge in [0.05, 0.1) is 12.8 Å². The number of hydrogen-bond acceptors (Lipinski definition) is 3. The van der Waals surface area contributed by atoms with Crippen molar-refractivity contribution in [3.8, 4) is 5.88 Å². The molecule has 0 radical (unpaired) electrons. The minimum atomic E-state index is -0.889. The summed E-state index contributed by atoms with van der Waals surface area (Å²) in [6.45, 7) is 1.66. The third-order valence-electron chi connectivity index (χ3n) is 2.73. The third kappa shape index (κ3) is 2.49. The van der Waals surface area contributed by atoms with Crippen molar-refractivity contribution in [2.45, 2.75) is 13.0 Å². The van der Waals surface area contributed by atoms with Crippen LogP contribution in [0.3, 0.4) is 0 Å². The van der Waals surface area contributed by atoms with Crippen LogP contribution in [-0.4, -0.2) is 17.2 Å². The largest absolute Gasteiger partial charge is 0.481 e. The lowest BCUT2D eigenvalue weighted by molar-refractivity contribution is 0.213. The number of methoxy groups -OCH3 is 1. The minimum absolute atomic E-state index is 0.287. The molecule has 2 rings (SSSR count). The van der Waals surface area contributed by atoms with Crippen molar-refractivity contribution in [1.29, 1.82) is 0 Å². The van der Waals surface area contributed by atoms with Crippen LogP contribution in [0, 0.1) is 12.7 Å². The minimum Gasteiger partial charge on any atom is -0.481 e. The molecule has 4 heteroatoms. The summed E-state index contributed by atoms with van der Waals surface area (Å²) in [7, 11) is 1.51. The van der Waals surface area contributed by atoms with E-state index >= 15 is 0 Å². The van der Waals surface area contributed by atoms with Crippen molar-refractivity contribution >= 4 is 0 Å². The van der Waals surface area contributed by atoms with Crippen LogP contribution in [0.15, 0.2) is 36.4 Å². The Morgan fingerprint density at radius 2 is 2.06 bits per heavy atom. The van der Waals surface area contributed by atoms with Gasteiger partial charge >= 0.3 is 0 Å². The highest BCUT2D eigenvalue weighted by Gasteiger charge is 2.13. The van der Waals surface area contributed by atoms with Gasteiger partial charge in [-0.15, -0.1) is 0 Å². The summed E-state index contributed by atoms with van der Waals surface area (Å²) in [6.07, 6.45) is -0.889. The van der Waals surface area contributed by atoms with Crippen LogP contribution in [0.2, 0.25) is 0 Å². The lowest BCUT2D eigenvalue weighted by Crippen LogP contribution is -2.04. The summed E-state index contributed by atoms with van der Waals surface area (Å²) in [5.74, 6) is 0.148. The highest BCUT2D eigenvalue weighted by molar-refractivity contribution is 5.31. The van der Waals surface area contributed by atoms with E-state index in [9.17, 15) is 9.50 Å². The van der Waals surface area contributed by atoms with E-state index in [1.54, 1.807) is 37.3 Å². The molecule has 0 spiro atoms. The molecule has 18 heavy (non-hydrogen) atoms. The van der Waals surface area contributed by atoms with Gasteiger partial charge in [-0.2, -0.15) is 0 Å². The van der Waals surface area contributed by atoms with E-state index in [1.807, 2.05) is 0 Å². The SMILES string of the molecule is COc1cccc(C(O)c2ccc(F)c(C)c2)n1. The molecule has 1 aromatic carbocycles. The fraction of sp³-hybridized carbons (Fsp3) is 0.214. The van der Waals surface area contributed by atoms with Gasteiger partial charge in [0, 0.05) is 6.07 Å². The van der Waals surface area contributed by atoms with E-state index in [0.717, 1.165) is 0 Å². The van der Waals surface area contributed by atoms with E-state index < -0.39 is 6.10 Å². The number of aliphatic hydroxyl groups is 1. The van der Waals surface area contributed by atoms with Crippen LogP contribution in [0.25, 0.3) is 0 Å². The van der Waals surface area contributed by atoms with Gasteiger partial charge in [-0.05, 0) is 30.2 Å². The Morgan fingerprint density at radius 1 is 1.28 bits per heavy atom. The molecule has 0 aliphatic heterocycles. The normalized spacial score (nSPS) is 12.2. The predicted molar refractivity (Wildman–Crippen MR) is 66.0 cm³/mol. The quantitative estimate of drug-likeness (QED) is 0.906. The van der Waals surface area contributed by atoms with Crippen LogP contribution in [-0.2, 0) is 0 Å². The number of rotatable bonds is 3. The molecule has 1 aromatic heterocycles. The van der Waals surface area contributed by atoms with Crippen molar-refractivity contribution in [1.82, 2.24) is 4.98 Å². The maximum atomic E-state index is 13.2. The van der Waals surface area contributed by atoms with Gasteiger partial charge in [-0.1, -0.05) is 18.2 Å². The van der Waals surface area contributed by atoms with Crippen molar-refractivity contribution in [2.24, 2.45) is 0 Å². The van der Waals surface area contributed by atoms with Gasteiger partial charge in [-0.25, -0.2) is 9.37 Å². The standard InChI is InChI=1S/C14H14FNO2/c1-9-8-10(6-7-11(9)15)14(17)12-4-3-5-13(16-12)18-2/h3-8,14,17H,1-2H3. The molecule has 3 nitrogen and oxygen atoms in total. The third-order valence-corrected chi connectivity index (χ3v) is 2.73. The molecule has 0 aliphatic rings. The molecule has 1 N–H and O–H groups in total. The number of hydrogen-bond donors (Lipinski definition) is 1. The van der Waals surface area contributed by atoms with Crippen LogP contribution in [0.5, 0.6) is 5.88 Å². The van der Waals surface area contributed by atoms with Crippen LogP contribution in [0.4, 0.5) is 4.39 Å². The lowest BCUT2D eigenvalue weighted by atomic mass is 10.0. The predicted octanol–water partition coefficient (Wildman–Crippen LogP) is 2.62. The molecule has 1 unspecified atom stereocenters. The summed E-state index contributed by atoms with van der Waals surface area (Å²) < 4.78 is 18.2. The first-order chi connectivity index (χ1) is 8.61. The first-order valence-electron chi connectivity index (χ1n) is 5.57. The second kappa shape index (κ2) is 5.14. The number of halogens is 1. The molecule has 0 fully saturated rings. The number of aliphatic hydroxyl groups excluding tert-OH is 1. The smallest absolute Gasteiger partial charge is 0.213 e. The number of benzene rings is 1. The zero-order chi connectivity index (χ0) is 13.1. The van der Waals surface area contributed by atoms with E-state index in [-0.39, 0.29) is 5.82 Å². The maximum absolute atomic E-state index is 13.2. The van der Waals surface area contributed by atoms with E-state index in [1.165, 1.54) is 13.2 Å². The Hall–Kier alpha value is -1.94. The molecular formula is C14H14FNO2. The molecular weight excluding hydrogens is 233 g/mol.